The fraction of sp³-hybridized carbons (Fsp3) is 0. The smallest absolute Gasteiger partial charge is 0.335 e. The van der Waals surface area contributed by atoms with Crippen molar-refractivity contribution in [3.05, 3.63) is 50.7 Å². The number of nitrogens with one attached hydrogen (secondary N) is 1. The minimum atomic E-state index is -1.00. The van der Waals surface area contributed by atoms with Crippen molar-refractivity contribution in [2.45, 2.75) is 0 Å². The second-order valence-corrected chi connectivity index (χ2v) is 7.03. The Morgan fingerprint density at radius 2 is 1.91 bits per heavy atom. The van der Waals surface area contributed by atoms with Crippen molar-refractivity contribution in [1.82, 2.24) is 9.97 Å². The van der Waals surface area contributed by atoms with Crippen molar-refractivity contribution in [3.8, 4) is 0 Å². The van der Waals surface area contributed by atoms with E-state index in [0.717, 1.165) is 0 Å². The maximum absolute atomic E-state index is 12.3. The molecule has 2 heterocycles. The third-order valence-corrected chi connectivity index (χ3v) is 4.89. The molecule has 23 heavy (non-hydrogen) atoms. The van der Waals surface area contributed by atoms with Crippen molar-refractivity contribution in [1.29, 1.82) is 0 Å². The molecule has 6 nitrogen and oxygen atoms in total. The molecule has 2 aromatic heterocycles. The maximum Gasteiger partial charge on any atom is 0.335 e. The fourth-order valence-corrected chi connectivity index (χ4v) is 3.81. The van der Waals surface area contributed by atoms with Gasteiger partial charge in [0.05, 0.1) is 21.3 Å². The van der Waals surface area contributed by atoms with Gasteiger partial charge in [-0.25, -0.2) is 14.8 Å². The van der Waals surface area contributed by atoms with Crippen LogP contribution in [0.4, 0.5) is 5.13 Å². The van der Waals surface area contributed by atoms with Gasteiger partial charge >= 0.3 is 5.97 Å². The quantitative estimate of drug-likeness (QED) is 0.577. The highest BCUT2D eigenvalue weighted by atomic mass is 79.9. The van der Waals surface area contributed by atoms with Crippen LogP contribution in [-0.2, 0) is 0 Å². The van der Waals surface area contributed by atoms with Crippen LogP contribution in [0.3, 0.4) is 0 Å². The zero-order valence-electron chi connectivity index (χ0n) is 11.2. The number of carbonyl (C=O) groups is 2. The summed E-state index contributed by atoms with van der Waals surface area (Å²) in [7, 11) is 0. The number of aromatic carboxylic acids is 1. The van der Waals surface area contributed by atoms with Gasteiger partial charge in [-0.05, 0) is 62.2 Å². The number of anilines is 1. The molecule has 0 bridgehead atoms. The van der Waals surface area contributed by atoms with E-state index in [9.17, 15) is 9.59 Å². The number of aromatic nitrogens is 2. The van der Waals surface area contributed by atoms with Gasteiger partial charge in [-0.2, -0.15) is 0 Å². The number of benzene rings is 1. The Kier molecular flexibility index (Phi) is 4.42. The number of carboxylic acid groups (broad SMARTS) is 1. The Morgan fingerprint density at radius 1 is 1.13 bits per heavy atom. The van der Waals surface area contributed by atoms with Crippen LogP contribution >= 0.6 is 43.2 Å². The van der Waals surface area contributed by atoms with Gasteiger partial charge in [0.1, 0.15) is 9.21 Å². The number of hydrogen-bond donors (Lipinski definition) is 2. The summed E-state index contributed by atoms with van der Waals surface area (Å²) in [6.07, 6.45) is 0. The van der Waals surface area contributed by atoms with E-state index in [4.69, 9.17) is 5.11 Å². The summed E-state index contributed by atoms with van der Waals surface area (Å²) < 4.78 is 1.72. The molecule has 116 valence electrons. The summed E-state index contributed by atoms with van der Waals surface area (Å²) in [5.74, 6) is -1.36. The predicted octanol–water partition coefficient (Wildman–Crippen LogP) is 4.17. The first kappa shape index (κ1) is 16.0. The Labute approximate surface area is 150 Å². The molecule has 9 heteroatoms. The first-order chi connectivity index (χ1) is 10.9. The van der Waals surface area contributed by atoms with Crippen molar-refractivity contribution in [2.75, 3.05) is 5.32 Å². The number of amides is 1. The van der Waals surface area contributed by atoms with Crippen LogP contribution in [0.15, 0.2) is 39.5 Å². The summed E-state index contributed by atoms with van der Waals surface area (Å²) in [5.41, 5.74) is 1.18. The molecule has 1 aromatic carbocycles. The zero-order chi connectivity index (χ0) is 16.6. The van der Waals surface area contributed by atoms with Gasteiger partial charge in [-0.15, -0.1) is 0 Å². The van der Waals surface area contributed by atoms with E-state index in [-0.39, 0.29) is 11.5 Å². The van der Waals surface area contributed by atoms with Crippen molar-refractivity contribution >= 4 is 70.4 Å². The molecule has 2 N–H and O–H groups in total. The summed E-state index contributed by atoms with van der Waals surface area (Å²) in [6.45, 7) is 0. The Hall–Kier alpha value is -1.84. The van der Waals surface area contributed by atoms with Crippen LogP contribution in [0.2, 0.25) is 0 Å². The Morgan fingerprint density at radius 3 is 2.61 bits per heavy atom. The molecule has 0 atom stereocenters. The normalized spacial score (nSPS) is 10.7. The maximum atomic E-state index is 12.3. The van der Waals surface area contributed by atoms with Gasteiger partial charge in [-0.3, -0.25) is 10.1 Å². The van der Waals surface area contributed by atoms with Crippen LogP contribution in [0.5, 0.6) is 0 Å². The third-order valence-electron chi connectivity index (χ3n) is 2.92. The highest BCUT2D eigenvalue weighted by Crippen LogP contribution is 2.28. The molecule has 0 radical (unpaired) electrons. The molecule has 0 spiro atoms. The van der Waals surface area contributed by atoms with Crippen LogP contribution in [-0.4, -0.2) is 27.0 Å². The van der Waals surface area contributed by atoms with Gasteiger partial charge in [0.25, 0.3) is 5.91 Å². The molecule has 3 rings (SSSR count). The molecule has 3 aromatic rings. The number of hydrogen-bond acceptors (Lipinski definition) is 5. The van der Waals surface area contributed by atoms with Gasteiger partial charge < -0.3 is 5.11 Å². The van der Waals surface area contributed by atoms with Crippen LogP contribution in [0.1, 0.15) is 20.7 Å². The lowest BCUT2D eigenvalue weighted by Crippen LogP contribution is -2.12. The molecule has 0 aliphatic carbocycles. The average Bonchev–Trinajstić information content (AvgIpc) is 2.87. The number of halogens is 2. The number of nitrogens with zero attached hydrogens (tertiary/aromatic N) is 2. The lowest BCUT2D eigenvalue weighted by atomic mass is 10.2. The Bertz CT molecular complexity index is 942. The molecular formula is C14H7Br2N3O3S. The van der Waals surface area contributed by atoms with Crippen LogP contribution in [0.25, 0.3) is 10.2 Å². The molecule has 0 unspecified atom stereocenters. The first-order valence-electron chi connectivity index (χ1n) is 6.21. The van der Waals surface area contributed by atoms with Gasteiger partial charge in [0.2, 0.25) is 0 Å². The molecular weight excluding hydrogens is 450 g/mol. The minimum absolute atomic E-state index is 0.180. The number of thiazole rings is 1. The predicted molar refractivity (Wildman–Crippen MR) is 94.2 cm³/mol. The van der Waals surface area contributed by atoms with Crippen LogP contribution in [0, 0.1) is 0 Å². The summed E-state index contributed by atoms with van der Waals surface area (Å²) in [4.78, 5) is 31.6. The monoisotopic (exact) mass is 455 g/mol. The van der Waals surface area contributed by atoms with E-state index in [0.29, 0.717) is 30.1 Å². The number of carboxylic acids is 1. The fourth-order valence-electron chi connectivity index (χ4n) is 1.86. The average molecular weight is 457 g/mol. The molecule has 0 aliphatic rings. The van der Waals surface area contributed by atoms with E-state index < -0.39 is 5.97 Å². The lowest BCUT2D eigenvalue weighted by Gasteiger charge is -2.03. The van der Waals surface area contributed by atoms with Crippen molar-refractivity contribution in [3.63, 3.8) is 0 Å². The summed E-state index contributed by atoms with van der Waals surface area (Å²) >= 11 is 7.67. The SMILES string of the molecule is O=C(O)c1ccc2nc(NC(=O)c3ccc(Br)nc3Br)sc2c1. The number of carbonyl (C=O) groups excluding carboxylic acids is 1. The molecule has 0 saturated carbocycles. The number of rotatable bonds is 3. The van der Waals surface area contributed by atoms with Crippen molar-refractivity contribution in [2.24, 2.45) is 0 Å². The van der Waals surface area contributed by atoms with Crippen LogP contribution < -0.4 is 5.32 Å². The topological polar surface area (TPSA) is 92.2 Å². The molecule has 0 aliphatic heterocycles. The molecule has 0 fully saturated rings. The van der Waals surface area contributed by atoms with Crippen molar-refractivity contribution < 1.29 is 14.7 Å². The summed E-state index contributed by atoms with van der Waals surface area (Å²) in [6, 6.07) is 7.92. The molecule has 1 amide bonds. The zero-order valence-corrected chi connectivity index (χ0v) is 15.2. The molecule has 0 saturated heterocycles. The summed E-state index contributed by atoms with van der Waals surface area (Å²) in [5, 5.41) is 12.1. The van der Waals surface area contributed by atoms with Gasteiger partial charge in [-0.1, -0.05) is 11.3 Å². The standard InChI is InChI=1S/C14H7Br2N3O3S/c15-10-4-2-7(11(16)18-10)12(20)19-14-17-8-3-1-6(13(21)22)5-9(8)23-14/h1-5H,(H,21,22)(H,17,19,20). The van der Waals surface area contributed by atoms with E-state index in [2.05, 4.69) is 47.1 Å². The van der Waals surface area contributed by atoms with E-state index in [1.54, 1.807) is 18.2 Å². The van der Waals surface area contributed by atoms with Gasteiger partial charge in [0.15, 0.2) is 5.13 Å². The first-order valence-corrected chi connectivity index (χ1v) is 8.61. The van der Waals surface area contributed by atoms with E-state index in [1.807, 2.05) is 0 Å². The van der Waals surface area contributed by atoms with E-state index in [1.165, 1.54) is 23.5 Å². The highest BCUT2D eigenvalue weighted by molar-refractivity contribution is 9.11. The second-order valence-electron chi connectivity index (χ2n) is 4.43. The lowest BCUT2D eigenvalue weighted by molar-refractivity contribution is 0.0697. The minimum Gasteiger partial charge on any atom is -0.478 e. The van der Waals surface area contributed by atoms with E-state index >= 15 is 0 Å². The number of pyridine rings is 1. The highest BCUT2D eigenvalue weighted by Gasteiger charge is 2.14. The second kappa shape index (κ2) is 6.34. The third kappa shape index (κ3) is 3.41. The van der Waals surface area contributed by atoms with Gasteiger partial charge in [0, 0.05) is 0 Å². The Balaban J connectivity index is 1.89. The largest absolute Gasteiger partial charge is 0.478 e. The number of fused-ring (bicyclic) bond motifs is 1.